The number of carbonyl (C=O) groups is 1. The molecule has 19 heavy (non-hydrogen) atoms. The van der Waals surface area contributed by atoms with Crippen molar-refractivity contribution in [2.75, 3.05) is 17.2 Å². The Morgan fingerprint density at radius 1 is 1.26 bits per heavy atom. The molecule has 0 bridgehead atoms. The first-order valence-corrected chi connectivity index (χ1v) is 6.79. The summed E-state index contributed by atoms with van der Waals surface area (Å²) in [7, 11) is 0. The lowest BCUT2D eigenvalue weighted by molar-refractivity contribution is -0.118. The topological polar surface area (TPSA) is 61.4 Å². The van der Waals surface area contributed by atoms with Crippen LogP contribution < -0.4 is 10.6 Å². The molecule has 0 atom stereocenters. The van der Waals surface area contributed by atoms with Crippen LogP contribution in [0.2, 0.25) is 0 Å². The SMILES string of the molecule is Cc1ccc(CNc2cccc(NC(=O)CO)c2)s1. The van der Waals surface area contributed by atoms with E-state index < -0.39 is 12.5 Å². The van der Waals surface area contributed by atoms with Crippen molar-refractivity contribution >= 4 is 28.6 Å². The Labute approximate surface area is 116 Å². The zero-order chi connectivity index (χ0) is 13.7. The number of aliphatic hydroxyl groups is 1. The number of carbonyl (C=O) groups excluding carboxylic acids is 1. The highest BCUT2D eigenvalue weighted by Gasteiger charge is 2.01. The van der Waals surface area contributed by atoms with Crippen LogP contribution in [0.5, 0.6) is 0 Å². The molecule has 0 aliphatic heterocycles. The predicted octanol–water partition coefficient (Wildman–Crippen LogP) is 2.60. The quantitative estimate of drug-likeness (QED) is 0.786. The first kappa shape index (κ1) is 13.6. The van der Waals surface area contributed by atoms with Gasteiger partial charge in [-0.05, 0) is 37.3 Å². The lowest BCUT2D eigenvalue weighted by atomic mass is 10.2. The molecule has 1 heterocycles. The van der Waals surface area contributed by atoms with E-state index in [1.54, 1.807) is 17.4 Å². The van der Waals surface area contributed by atoms with Gasteiger partial charge < -0.3 is 15.7 Å². The third-order valence-corrected chi connectivity index (χ3v) is 3.55. The molecule has 0 spiro atoms. The molecule has 3 N–H and O–H groups in total. The van der Waals surface area contributed by atoms with Gasteiger partial charge in [0.1, 0.15) is 6.61 Å². The summed E-state index contributed by atoms with van der Waals surface area (Å²) in [5.74, 6) is -0.411. The molecule has 0 aliphatic rings. The van der Waals surface area contributed by atoms with Crippen LogP contribution in [-0.4, -0.2) is 17.6 Å². The Hall–Kier alpha value is -1.85. The molecular weight excluding hydrogens is 260 g/mol. The van der Waals surface area contributed by atoms with Crippen LogP contribution in [0.1, 0.15) is 9.75 Å². The summed E-state index contributed by atoms with van der Waals surface area (Å²) in [6, 6.07) is 11.6. The maximum Gasteiger partial charge on any atom is 0.250 e. The Morgan fingerprint density at radius 3 is 2.74 bits per heavy atom. The highest BCUT2D eigenvalue weighted by Crippen LogP contribution is 2.19. The lowest BCUT2D eigenvalue weighted by Gasteiger charge is -2.08. The molecule has 2 rings (SSSR count). The lowest BCUT2D eigenvalue weighted by Crippen LogP contribution is -2.15. The van der Waals surface area contributed by atoms with Gasteiger partial charge in [-0.15, -0.1) is 11.3 Å². The molecule has 100 valence electrons. The molecule has 2 aromatic rings. The van der Waals surface area contributed by atoms with Crippen LogP contribution in [0.3, 0.4) is 0 Å². The minimum atomic E-state index is -0.508. The zero-order valence-corrected chi connectivity index (χ0v) is 11.5. The number of aryl methyl sites for hydroxylation is 1. The normalized spacial score (nSPS) is 10.2. The summed E-state index contributed by atoms with van der Waals surface area (Å²) in [5.41, 5.74) is 1.60. The van der Waals surface area contributed by atoms with E-state index in [1.165, 1.54) is 9.75 Å². The van der Waals surface area contributed by atoms with Crippen molar-refractivity contribution in [2.24, 2.45) is 0 Å². The van der Waals surface area contributed by atoms with Gasteiger partial charge in [0, 0.05) is 27.7 Å². The van der Waals surface area contributed by atoms with E-state index in [1.807, 2.05) is 18.2 Å². The zero-order valence-electron chi connectivity index (χ0n) is 10.6. The summed E-state index contributed by atoms with van der Waals surface area (Å²) in [5, 5.41) is 14.6. The fraction of sp³-hybridized carbons (Fsp3) is 0.214. The average Bonchev–Trinajstić information content (AvgIpc) is 2.82. The summed E-state index contributed by atoms with van der Waals surface area (Å²) < 4.78 is 0. The molecule has 1 amide bonds. The molecule has 0 unspecified atom stereocenters. The first-order chi connectivity index (χ1) is 9.17. The Morgan fingerprint density at radius 2 is 2.05 bits per heavy atom. The van der Waals surface area contributed by atoms with Gasteiger partial charge >= 0.3 is 0 Å². The third-order valence-electron chi connectivity index (χ3n) is 2.55. The molecule has 0 fully saturated rings. The summed E-state index contributed by atoms with van der Waals surface area (Å²) >= 11 is 1.76. The highest BCUT2D eigenvalue weighted by molar-refractivity contribution is 7.11. The van der Waals surface area contributed by atoms with E-state index in [0.29, 0.717) is 5.69 Å². The van der Waals surface area contributed by atoms with Crippen molar-refractivity contribution < 1.29 is 9.90 Å². The van der Waals surface area contributed by atoms with Crippen LogP contribution >= 0.6 is 11.3 Å². The minimum Gasteiger partial charge on any atom is -0.387 e. The molecule has 4 nitrogen and oxygen atoms in total. The number of hydrogen-bond acceptors (Lipinski definition) is 4. The van der Waals surface area contributed by atoms with Crippen molar-refractivity contribution in [2.45, 2.75) is 13.5 Å². The Kier molecular flexibility index (Phi) is 4.54. The van der Waals surface area contributed by atoms with E-state index in [9.17, 15) is 4.79 Å². The molecule has 1 aromatic heterocycles. The van der Waals surface area contributed by atoms with Crippen LogP contribution in [0.4, 0.5) is 11.4 Å². The van der Waals surface area contributed by atoms with Crippen LogP contribution in [0.25, 0.3) is 0 Å². The molecule has 1 aromatic carbocycles. The van der Waals surface area contributed by atoms with Crippen molar-refractivity contribution in [1.29, 1.82) is 0 Å². The van der Waals surface area contributed by atoms with Gasteiger partial charge in [0.25, 0.3) is 0 Å². The van der Waals surface area contributed by atoms with E-state index in [2.05, 4.69) is 29.7 Å². The van der Waals surface area contributed by atoms with Crippen LogP contribution in [0, 0.1) is 6.92 Å². The minimum absolute atomic E-state index is 0.411. The van der Waals surface area contributed by atoms with Crippen molar-refractivity contribution in [3.63, 3.8) is 0 Å². The van der Waals surface area contributed by atoms with E-state index >= 15 is 0 Å². The number of amides is 1. The van der Waals surface area contributed by atoms with Crippen molar-refractivity contribution in [3.8, 4) is 0 Å². The monoisotopic (exact) mass is 276 g/mol. The third kappa shape index (κ3) is 4.08. The van der Waals surface area contributed by atoms with Gasteiger partial charge in [-0.1, -0.05) is 6.07 Å². The molecule has 0 radical (unpaired) electrons. The fourth-order valence-corrected chi connectivity index (χ4v) is 2.51. The van der Waals surface area contributed by atoms with E-state index in [-0.39, 0.29) is 0 Å². The maximum absolute atomic E-state index is 11.1. The van der Waals surface area contributed by atoms with Gasteiger partial charge in [-0.2, -0.15) is 0 Å². The van der Waals surface area contributed by atoms with Crippen molar-refractivity contribution in [3.05, 3.63) is 46.2 Å². The highest BCUT2D eigenvalue weighted by atomic mass is 32.1. The largest absolute Gasteiger partial charge is 0.387 e. The molecule has 0 saturated heterocycles. The number of thiophene rings is 1. The fourth-order valence-electron chi connectivity index (χ4n) is 1.68. The Balaban J connectivity index is 1.97. The van der Waals surface area contributed by atoms with E-state index in [4.69, 9.17) is 5.11 Å². The maximum atomic E-state index is 11.1. The van der Waals surface area contributed by atoms with Gasteiger partial charge in [-0.25, -0.2) is 0 Å². The second-order valence-corrected chi connectivity index (χ2v) is 5.53. The van der Waals surface area contributed by atoms with Gasteiger partial charge in [0.2, 0.25) is 5.91 Å². The number of benzene rings is 1. The summed E-state index contributed by atoms with van der Waals surface area (Å²) in [4.78, 5) is 13.7. The second kappa shape index (κ2) is 6.36. The Bertz CT molecular complexity index is 566. The number of nitrogens with one attached hydrogen (secondary N) is 2. The smallest absolute Gasteiger partial charge is 0.250 e. The van der Waals surface area contributed by atoms with Crippen LogP contribution in [-0.2, 0) is 11.3 Å². The molecule has 0 saturated carbocycles. The van der Waals surface area contributed by atoms with Crippen molar-refractivity contribution in [1.82, 2.24) is 0 Å². The summed E-state index contributed by atoms with van der Waals surface area (Å²) in [6.45, 7) is 2.33. The van der Waals surface area contributed by atoms with Gasteiger partial charge in [0.05, 0.1) is 0 Å². The average molecular weight is 276 g/mol. The van der Waals surface area contributed by atoms with Crippen LogP contribution in [0.15, 0.2) is 36.4 Å². The number of anilines is 2. The number of aliphatic hydroxyl groups excluding tert-OH is 1. The molecule has 0 aliphatic carbocycles. The first-order valence-electron chi connectivity index (χ1n) is 5.97. The number of rotatable bonds is 5. The number of hydrogen-bond donors (Lipinski definition) is 3. The molecule has 5 heteroatoms. The van der Waals surface area contributed by atoms with Gasteiger partial charge in [0.15, 0.2) is 0 Å². The standard InChI is InChI=1S/C14H16N2O2S/c1-10-5-6-13(19-10)8-15-11-3-2-4-12(7-11)16-14(18)9-17/h2-7,15,17H,8-9H2,1H3,(H,16,18). The van der Waals surface area contributed by atoms with E-state index in [0.717, 1.165) is 12.2 Å². The summed E-state index contributed by atoms with van der Waals surface area (Å²) in [6.07, 6.45) is 0. The van der Waals surface area contributed by atoms with Gasteiger partial charge in [-0.3, -0.25) is 4.79 Å². The predicted molar refractivity (Wildman–Crippen MR) is 78.5 cm³/mol. The second-order valence-electron chi connectivity index (χ2n) is 4.15. The molecular formula is C14H16N2O2S.